The van der Waals surface area contributed by atoms with Crippen molar-refractivity contribution >= 4 is 29.1 Å². The third-order valence-electron chi connectivity index (χ3n) is 3.13. The van der Waals surface area contributed by atoms with Crippen LogP contribution in [0.15, 0.2) is 18.2 Å². The maximum atomic E-state index is 12.1. The lowest BCUT2D eigenvalue weighted by Gasteiger charge is -2.18. The molecule has 2 amide bonds. The summed E-state index contributed by atoms with van der Waals surface area (Å²) in [4.78, 5) is 28.4. The topological polar surface area (TPSA) is 70.7 Å². The molecule has 21 heavy (non-hydrogen) atoms. The maximum Gasteiger partial charge on any atom is 0.254 e. The van der Waals surface area contributed by atoms with Crippen molar-refractivity contribution in [2.45, 2.75) is 27.3 Å². The summed E-state index contributed by atoms with van der Waals surface area (Å²) in [5.74, 6) is -0.273. The van der Waals surface area contributed by atoms with E-state index in [4.69, 9.17) is 16.4 Å². The van der Waals surface area contributed by atoms with Crippen molar-refractivity contribution in [3.05, 3.63) is 28.8 Å². The zero-order valence-electron chi connectivity index (χ0n) is 12.2. The molecule has 0 aliphatic carbocycles. The SMILES string of the molecule is CC(=O)NNc1ccc(Cl)c(CN2OCC(C)(C)C2=O)c1. The number of hydrogen-bond acceptors (Lipinski definition) is 4. The van der Waals surface area contributed by atoms with E-state index in [-0.39, 0.29) is 18.4 Å². The maximum absolute atomic E-state index is 12.1. The Bertz CT molecular complexity index is 575. The summed E-state index contributed by atoms with van der Waals surface area (Å²) in [6, 6.07) is 5.20. The number of hydrogen-bond donors (Lipinski definition) is 2. The summed E-state index contributed by atoms with van der Waals surface area (Å²) < 4.78 is 0. The highest BCUT2D eigenvalue weighted by Crippen LogP contribution is 2.30. The normalized spacial score (nSPS) is 17.0. The van der Waals surface area contributed by atoms with Gasteiger partial charge in [-0.3, -0.25) is 25.3 Å². The van der Waals surface area contributed by atoms with E-state index >= 15 is 0 Å². The van der Waals surface area contributed by atoms with Gasteiger partial charge >= 0.3 is 0 Å². The third kappa shape index (κ3) is 3.65. The largest absolute Gasteiger partial charge is 0.299 e. The minimum absolute atomic E-state index is 0.0706. The summed E-state index contributed by atoms with van der Waals surface area (Å²) in [6.07, 6.45) is 0. The van der Waals surface area contributed by atoms with Crippen molar-refractivity contribution in [2.75, 3.05) is 12.0 Å². The van der Waals surface area contributed by atoms with Crippen molar-refractivity contribution in [3.63, 3.8) is 0 Å². The van der Waals surface area contributed by atoms with E-state index < -0.39 is 5.41 Å². The number of nitrogens with one attached hydrogen (secondary N) is 2. The van der Waals surface area contributed by atoms with Crippen LogP contribution in [0.1, 0.15) is 26.3 Å². The Morgan fingerprint density at radius 3 is 2.76 bits per heavy atom. The van der Waals surface area contributed by atoms with Gasteiger partial charge in [-0.2, -0.15) is 0 Å². The molecule has 0 aromatic heterocycles. The molecule has 1 aliphatic heterocycles. The second kappa shape index (κ2) is 5.91. The number of halogens is 1. The van der Waals surface area contributed by atoms with Gasteiger partial charge in [-0.1, -0.05) is 11.6 Å². The number of carbonyl (C=O) groups excluding carboxylic acids is 2. The molecule has 0 atom stereocenters. The minimum Gasteiger partial charge on any atom is -0.299 e. The van der Waals surface area contributed by atoms with Crippen LogP contribution in [-0.2, 0) is 21.0 Å². The zero-order valence-corrected chi connectivity index (χ0v) is 13.0. The monoisotopic (exact) mass is 311 g/mol. The molecule has 1 aliphatic rings. The summed E-state index contributed by atoms with van der Waals surface area (Å²) in [5, 5.41) is 1.85. The highest BCUT2D eigenvalue weighted by atomic mass is 35.5. The van der Waals surface area contributed by atoms with Gasteiger partial charge in [0.25, 0.3) is 5.91 Å². The van der Waals surface area contributed by atoms with Crippen LogP contribution < -0.4 is 10.9 Å². The van der Waals surface area contributed by atoms with Crippen LogP contribution >= 0.6 is 11.6 Å². The van der Waals surface area contributed by atoms with E-state index in [0.29, 0.717) is 17.3 Å². The molecule has 1 aromatic rings. The van der Waals surface area contributed by atoms with Gasteiger partial charge in [0.05, 0.1) is 24.3 Å². The Kier molecular flexibility index (Phi) is 4.39. The highest BCUT2D eigenvalue weighted by molar-refractivity contribution is 6.31. The van der Waals surface area contributed by atoms with Crippen LogP contribution in [0.2, 0.25) is 5.02 Å². The molecular formula is C14H18ClN3O3. The fourth-order valence-corrected chi connectivity index (χ4v) is 2.08. The number of nitrogens with zero attached hydrogens (tertiary/aromatic N) is 1. The molecule has 2 rings (SSSR count). The standard InChI is InChI=1S/C14H18ClN3O3/c1-9(19)16-17-11-4-5-12(15)10(6-11)7-18-13(20)14(2,3)8-21-18/h4-6,17H,7-8H2,1-3H3,(H,16,19). The van der Waals surface area contributed by atoms with E-state index in [1.165, 1.54) is 12.0 Å². The molecule has 1 aromatic carbocycles. The van der Waals surface area contributed by atoms with Crippen molar-refractivity contribution < 1.29 is 14.4 Å². The lowest BCUT2D eigenvalue weighted by Crippen LogP contribution is -2.30. The summed E-state index contributed by atoms with van der Waals surface area (Å²) >= 11 is 6.15. The Labute approximate surface area is 128 Å². The van der Waals surface area contributed by atoms with Gasteiger partial charge in [0.15, 0.2) is 0 Å². The van der Waals surface area contributed by atoms with Gasteiger partial charge in [0.2, 0.25) is 5.91 Å². The molecule has 0 saturated carbocycles. The van der Waals surface area contributed by atoms with Crippen molar-refractivity contribution in [3.8, 4) is 0 Å². The van der Waals surface area contributed by atoms with E-state index in [1.54, 1.807) is 18.2 Å². The van der Waals surface area contributed by atoms with Crippen LogP contribution in [0.5, 0.6) is 0 Å². The molecule has 6 nitrogen and oxygen atoms in total. The Morgan fingerprint density at radius 1 is 1.48 bits per heavy atom. The Hall–Kier alpha value is -1.79. The van der Waals surface area contributed by atoms with E-state index in [2.05, 4.69) is 10.9 Å². The lowest BCUT2D eigenvalue weighted by atomic mass is 9.95. The predicted octanol–water partition coefficient (Wildman–Crippen LogP) is 2.10. The molecule has 0 radical (unpaired) electrons. The van der Waals surface area contributed by atoms with Crippen molar-refractivity contribution in [2.24, 2.45) is 5.41 Å². The highest BCUT2D eigenvalue weighted by Gasteiger charge is 2.40. The number of benzene rings is 1. The number of anilines is 1. The molecule has 0 bridgehead atoms. The number of hydroxylamine groups is 2. The van der Waals surface area contributed by atoms with Gasteiger partial charge in [0.1, 0.15) is 0 Å². The van der Waals surface area contributed by atoms with Gasteiger partial charge in [0, 0.05) is 11.9 Å². The summed E-state index contributed by atoms with van der Waals surface area (Å²) in [7, 11) is 0. The molecule has 2 N–H and O–H groups in total. The van der Waals surface area contributed by atoms with Crippen LogP contribution in [-0.4, -0.2) is 23.5 Å². The lowest BCUT2D eigenvalue weighted by molar-refractivity contribution is -0.165. The van der Waals surface area contributed by atoms with Crippen LogP contribution in [0.3, 0.4) is 0 Å². The molecule has 114 valence electrons. The second-order valence-corrected chi connectivity index (χ2v) is 6.02. The first-order valence-electron chi connectivity index (χ1n) is 6.55. The molecule has 0 spiro atoms. The van der Waals surface area contributed by atoms with Crippen LogP contribution in [0.4, 0.5) is 5.69 Å². The quantitative estimate of drug-likeness (QED) is 0.835. The van der Waals surface area contributed by atoms with Gasteiger partial charge < -0.3 is 0 Å². The van der Waals surface area contributed by atoms with Gasteiger partial charge in [-0.05, 0) is 37.6 Å². The van der Waals surface area contributed by atoms with E-state index in [1.807, 2.05) is 13.8 Å². The molecule has 7 heteroatoms. The number of hydrazine groups is 1. The third-order valence-corrected chi connectivity index (χ3v) is 3.50. The fraction of sp³-hybridized carbons (Fsp3) is 0.429. The Morgan fingerprint density at radius 2 is 2.19 bits per heavy atom. The summed E-state index contributed by atoms with van der Waals surface area (Å²) in [6.45, 7) is 5.70. The average molecular weight is 312 g/mol. The zero-order chi connectivity index (χ0) is 15.6. The molecule has 0 unspecified atom stereocenters. The smallest absolute Gasteiger partial charge is 0.254 e. The first kappa shape index (κ1) is 15.6. The first-order chi connectivity index (χ1) is 9.79. The van der Waals surface area contributed by atoms with Crippen molar-refractivity contribution in [1.29, 1.82) is 0 Å². The number of rotatable bonds is 4. The number of amides is 2. The van der Waals surface area contributed by atoms with Crippen LogP contribution in [0.25, 0.3) is 0 Å². The van der Waals surface area contributed by atoms with Crippen molar-refractivity contribution in [1.82, 2.24) is 10.5 Å². The fourth-order valence-electron chi connectivity index (χ4n) is 1.90. The minimum atomic E-state index is -0.515. The second-order valence-electron chi connectivity index (χ2n) is 5.61. The molecule has 1 heterocycles. The van der Waals surface area contributed by atoms with E-state index in [9.17, 15) is 9.59 Å². The first-order valence-corrected chi connectivity index (χ1v) is 6.93. The average Bonchev–Trinajstić information content (AvgIpc) is 2.66. The van der Waals surface area contributed by atoms with E-state index in [0.717, 1.165) is 5.56 Å². The van der Waals surface area contributed by atoms with Crippen LogP contribution in [0, 0.1) is 5.41 Å². The number of carbonyl (C=O) groups is 2. The van der Waals surface area contributed by atoms with Gasteiger partial charge in [-0.15, -0.1) is 0 Å². The summed E-state index contributed by atoms with van der Waals surface area (Å²) in [5.41, 5.74) is 6.14. The molecule has 1 fully saturated rings. The molecule has 1 saturated heterocycles. The van der Waals surface area contributed by atoms with Gasteiger partial charge in [-0.25, -0.2) is 5.06 Å². The molecular weight excluding hydrogens is 294 g/mol. The predicted molar refractivity (Wildman–Crippen MR) is 79.2 cm³/mol. The Balaban J connectivity index is 2.11.